The van der Waals surface area contributed by atoms with Crippen LogP contribution in [0.3, 0.4) is 0 Å². The van der Waals surface area contributed by atoms with E-state index in [9.17, 15) is 9.59 Å². The van der Waals surface area contributed by atoms with E-state index < -0.39 is 5.91 Å². The molecule has 0 bridgehead atoms. The molecule has 1 amide bonds. The Morgan fingerprint density at radius 2 is 1.93 bits per heavy atom. The Morgan fingerprint density at radius 1 is 1.27 bits per heavy atom. The number of anilines is 1. The highest BCUT2D eigenvalue weighted by atomic mass is 16.2. The van der Waals surface area contributed by atoms with E-state index in [0.717, 1.165) is 0 Å². The van der Waals surface area contributed by atoms with Crippen LogP contribution in [0.15, 0.2) is 35.5 Å². The summed E-state index contributed by atoms with van der Waals surface area (Å²) in [7, 11) is 0. The molecule has 0 unspecified atom stereocenters. The highest BCUT2D eigenvalue weighted by molar-refractivity contribution is 6.34. The number of fused-ring (bicyclic) bond motifs is 1. The molecule has 76 valence electrons. The highest BCUT2D eigenvalue weighted by Gasteiger charge is 2.29. The molecule has 0 spiro atoms. The van der Waals surface area contributed by atoms with E-state index in [0.29, 0.717) is 11.3 Å². The van der Waals surface area contributed by atoms with Crippen molar-refractivity contribution in [2.24, 2.45) is 5.73 Å². The summed E-state index contributed by atoms with van der Waals surface area (Å²) in [6, 6.07) is 6.86. The van der Waals surface area contributed by atoms with Gasteiger partial charge in [0.2, 0.25) is 5.78 Å². The van der Waals surface area contributed by atoms with Gasteiger partial charge < -0.3 is 11.1 Å². The van der Waals surface area contributed by atoms with Crippen molar-refractivity contribution < 1.29 is 9.59 Å². The summed E-state index contributed by atoms with van der Waals surface area (Å²) in [5, 5.41) is 2.62. The lowest BCUT2D eigenvalue weighted by Crippen LogP contribution is -2.29. The van der Waals surface area contributed by atoms with E-state index in [1.54, 1.807) is 31.2 Å². The predicted molar refractivity (Wildman–Crippen MR) is 56.3 cm³/mol. The Hall–Kier alpha value is -2.10. The van der Waals surface area contributed by atoms with Crippen LogP contribution in [-0.2, 0) is 4.79 Å². The molecule has 0 fully saturated rings. The van der Waals surface area contributed by atoms with Crippen LogP contribution in [0.1, 0.15) is 17.3 Å². The zero-order chi connectivity index (χ0) is 11.0. The average molecular weight is 202 g/mol. The number of amides is 1. The third-order valence-corrected chi connectivity index (χ3v) is 2.27. The number of carbonyl (C=O) groups excluding carboxylic acids is 2. The first kappa shape index (κ1) is 9.45. The number of benzene rings is 1. The molecular formula is C11H10N2O2. The fourth-order valence-corrected chi connectivity index (χ4v) is 1.57. The minimum Gasteiger partial charge on any atom is -0.402 e. The molecule has 0 radical (unpaired) electrons. The first-order valence-electron chi connectivity index (χ1n) is 4.52. The van der Waals surface area contributed by atoms with Crippen molar-refractivity contribution in [2.45, 2.75) is 6.92 Å². The SMILES string of the molecule is CC(N)=C1C(=O)Nc2ccccc2C1=O. The van der Waals surface area contributed by atoms with Crippen LogP contribution in [0.4, 0.5) is 5.69 Å². The zero-order valence-corrected chi connectivity index (χ0v) is 8.20. The van der Waals surface area contributed by atoms with Crippen LogP contribution in [0.2, 0.25) is 0 Å². The number of carbonyl (C=O) groups is 2. The molecule has 0 atom stereocenters. The van der Waals surface area contributed by atoms with E-state index >= 15 is 0 Å². The van der Waals surface area contributed by atoms with Crippen LogP contribution in [0.25, 0.3) is 0 Å². The Morgan fingerprint density at radius 3 is 2.60 bits per heavy atom. The predicted octanol–water partition coefficient (Wildman–Crippen LogP) is 1.05. The number of para-hydroxylation sites is 1. The van der Waals surface area contributed by atoms with Gasteiger partial charge >= 0.3 is 0 Å². The number of hydrogen-bond donors (Lipinski definition) is 2. The van der Waals surface area contributed by atoms with Crippen molar-refractivity contribution in [3.05, 3.63) is 41.1 Å². The largest absolute Gasteiger partial charge is 0.402 e. The van der Waals surface area contributed by atoms with Gasteiger partial charge in [-0.05, 0) is 19.1 Å². The molecule has 0 aromatic heterocycles. The quantitative estimate of drug-likeness (QED) is 0.488. The second-order valence-electron chi connectivity index (χ2n) is 3.39. The Labute approximate surface area is 86.8 Å². The maximum Gasteiger partial charge on any atom is 0.261 e. The lowest BCUT2D eigenvalue weighted by molar-refractivity contribution is -0.112. The van der Waals surface area contributed by atoms with E-state index in [4.69, 9.17) is 5.73 Å². The second-order valence-corrected chi connectivity index (χ2v) is 3.39. The highest BCUT2D eigenvalue weighted by Crippen LogP contribution is 2.25. The van der Waals surface area contributed by atoms with Crippen molar-refractivity contribution >= 4 is 17.4 Å². The molecule has 4 nitrogen and oxygen atoms in total. The van der Waals surface area contributed by atoms with Crippen molar-refractivity contribution in [3.63, 3.8) is 0 Å². The molecular weight excluding hydrogens is 192 g/mol. The van der Waals surface area contributed by atoms with E-state index in [2.05, 4.69) is 5.32 Å². The van der Waals surface area contributed by atoms with Gasteiger partial charge in [0, 0.05) is 11.3 Å². The minimum atomic E-state index is -0.432. The van der Waals surface area contributed by atoms with Gasteiger partial charge in [0.1, 0.15) is 5.57 Å². The Balaban J connectivity index is 2.63. The van der Waals surface area contributed by atoms with E-state index in [1.807, 2.05) is 0 Å². The maximum absolute atomic E-state index is 11.9. The van der Waals surface area contributed by atoms with Crippen LogP contribution < -0.4 is 11.1 Å². The Bertz CT molecular complexity index is 485. The number of hydrogen-bond acceptors (Lipinski definition) is 3. The number of rotatable bonds is 0. The van der Waals surface area contributed by atoms with Crippen molar-refractivity contribution in [3.8, 4) is 0 Å². The summed E-state index contributed by atoms with van der Waals surface area (Å²) >= 11 is 0. The third-order valence-electron chi connectivity index (χ3n) is 2.27. The van der Waals surface area contributed by atoms with Crippen LogP contribution in [-0.4, -0.2) is 11.7 Å². The summed E-state index contributed by atoms with van der Waals surface area (Å²) in [5.41, 5.74) is 6.80. The van der Waals surface area contributed by atoms with Gasteiger partial charge in [0.05, 0.1) is 5.69 Å². The summed E-state index contributed by atoms with van der Waals surface area (Å²) in [5.74, 6) is -0.743. The standard InChI is InChI=1S/C11H10N2O2/c1-6(12)9-10(14)7-4-2-3-5-8(7)13-11(9)15/h2-5H,12H2,1H3,(H,13,15). The van der Waals surface area contributed by atoms with Crippen LogP contribution >= 0.6 is 0 Å². The monoisotopic (exact) mass is 202 g/mol. The molecule has 1 heterocycles. The summed E-state index contributed by atoms with van der Waals surface area (Å²) in [6.07, 6.45) is 0. The average Bonchev–Trinajstić information content (AvgIpc) is 2.17. The molecule has 3 N–H and O–H groups in total. The van der Waals surface area contributed by atoms with Gasteiger partial charge in [-0.3, -0.25) is 9.59 Å². The zero-order valence-electron chi connectivity index (χ0n) is 8.20. The van der Waals surface area contributed by atoms with Gasteiger partial charge in [-0.2, -0.15) is 0 Å². The number of ketones is 1. The Kier molecular flexibility index (Phi) is 2.04. The second kappa shape index (κ2) is 3.24. The van der Waals surface area contributed by atoms with Crippen LogP contribution in [0.5, 0.6) is 0 Å². The lowest BCUT2D eigenvalue weighted by Gasteiger charge is -2.18. The lowest BCUT2D eigenvalue weighted by atomic mass is 9.96. The van der Waals surface area contributed by atoms with Crippen LogP contribution in [0, 0.1) is 0 Å². The molecule has 1 aromatic carbocycles. The fraction of sp³-hybridized carbons (Fsp3) is 0.0909. The molecule has 0 aliphatic carbocycles. The number of nitrogens with one attached hydrogen (secondary N) is 1. The smallest absolute Gasteiger partial charge is 0.261 e. The van der Waals surface area contributed by atoms with Gasteiger partial charge in [0.15, 0.2) is 0 Å². The first-order valence-corrected chi connectivity index (χ1v) is 4.52. The fourth-order valence-electron chi connectivity index (χ4n) is 1.57. The van der Waals surface area contributed by atoms with E-state index in [1.165, 1.54) is 0 Å². The van der Waals surface area contributed by atoms with Gasteiger partial charge in [-0.25, -0.2) is 0 Å². The summed E-state index contributed by atoms with van der Waals surface area (Å²) in [4.78, 5) is 23.4. The van der Waals surface area contributed by atoms with Gasteiger partial charge in [0.25, 0.3) is 5.91 Å². The third kappa shape index (κ3) is 1.40. The molecule has 4 heteroatoms. The molecule has 2 rings (SSSR count). The molecule has 1 aliphatic heterocycles. The molecule has 15 heavy (non-hydrogen) atoms. The number of nitrogens with two attached hydrogens (primary N) is 1. The topological polar surface area (TPSA) is 72.2 Å². The summed E-state index contributed by atoms with van der Waals surface area (Å²) in [6.45, 7) is 1.54. The first-order chi connectivity index (χ1) is 7.11. The van der Waals surface area contributed by atoms with Gasteiger partial charge in [-0.15, -0.1) is 0 Å². The normalized spacial score (nSPS) is 18.2. The summed E-state index contributed by atoms with van der Waals surface area (Å²) < 4.78 is 0. The van der Waals surface area contributed by atoms with Crippen molar-refractivity contribution in [2.75, 3.05) is 5.32 Å². The van der Waals surface area contributed by atoms with Crippen molar-refractivity contribution in [1.29, 1.82) is 0 Å². The maximum atomic E-state index is 11.9. The number of allylic oxidation sites excluding steroid dienone is 1. The minimum absolute atomic E-state index is 0.0358. The molecule has 1 aliphatic rings. The van der Waals surface area contributed by atoms with Crippen molar-refractivity contribution in [1.82, 2.24) is 0 Å². The molecule has 0 saturated carbocycles. The van der Waals surface area contributed by atoms with E-state index in [-0.39, 0.29) is 17.1 Å². The molecule has 0 saturated heterocycles. The van der Waals surface area contributed by atoms with Gasteiger partial charge in [-0.1, -0.05) is 12.1 Å². The number of Topliss-reactive ketones (excluding diaryl/α,β-unsaturated/α-hetero) is 1. The molecule has 1 aromatic rings.